The van der Waals surface area contributed by atoms with Crippen LogP contribution in [0.25, 0.3) is 0 Å². The molecule has 0 fully saturated rings. The predicted octanol–water partition coefficient (Wildman–Crippen LogP) is 11.6. The van der Waals surface area contributed by atoms with Crippen LogP contribution in [-0.2, 0) is 37.5 Å². The highest BCUT2D eigenvalue weighted by Crippen LogP contribution is 2.43. The lowest BCUT2D eigenvalue weighted by Gasteiger charge is -2.20. The number of aliphatic carboxylic acids is 1. The second kappa shape index (κ2) is 40.0. The Kier molecular flexibility index (Phi) is 38.0. The van der Waals surface area contributed by atoms with Crippen LogP contribution in [0.1, 0.15) is 174 Å². The van der Waals surface area contributed by atoms with Gasteiger partial charge in [0.25, 0.3) is 0 Å². The second-order valence-electron chi connectivity index (χ2n) is 14.5. The first kappa shape index (κ1) is 54.2. The summed E-state index contributed by atoms with van der Waals surface area (Å²) in [4.78, 5) is 45.9. The maximum absolute atomic E-state index is 12.6. The minimum absolute atomic E-state index is 0.120. The molecule has 0 aliphatic heterocycles. The van der Waals surface area contributed by atoms with Crippen LogP contribution in [0.2, 0.25) is 0 Å². The quantitative estimate of drug-likeness (QED) is 0.0232. The average Bonchev–Trinajstić information content (AvgIpc) is 3.19. The van der Waals surface area contributed by atoms with E-state index in [1.54, 1.807) is 0 Å². The number of unbranched alkanes of at least 4 members (excludes halogenated alkanes) is 16. The van der Waals surface area contributed by atoms with E-state index in [-0.39, 0.29) is 19.4 Å². The van der Waals surface area contributed by atoms with E-state index in [0.29, 0.717) is 12.8 Å². The average molecular weight is 824 g/mol. The van der Waals surface area contributed by atoms with Crippen molar-refractivity contribution in [1.29, 1.82) is 0 Å². The maximum Gasteiger partial charge on any atom is 0.472 e. The summed E-state index contributed by atoms with van der Waals surface area (Å²) in [6.45, 7) is 2.71. The molecule has 0 rings (SSSR count). The van der Waals surface area contributed by atoms with Crippen molar-refractivity contribution in [3.8, 4) is 0 Å². The first-order valence-corrected chi connectivity index (χ1v) is 23.3. The number of allylic oxidation sites excluding steroid dienone is 10. The molecule has 57 heavy (non-hydrogen) atoms. The number of carboxylic acid groups (broad SMARTS) is 1. The minimum Gasteiger partial charge on any atom is -0.480 e. The third-order valence-electron chi connectivity index (χ3n) is 8.99. The SMILES string of the molecule is CCCCC/C=C/C/C=C/C/C=C/C/C=C/CCCCCC(=O)O[C@H](COC(=O)CCCCCCC/C=C/CCCCCCC)COP(=O)(O)OC[C@H](N)C(=O)O. The summed E-state index contributed by atoms with van der Waals surface area (Å²) in [6, 6.07) is -1.53. The van der Waals surface area contributed by atoms with Gasteiger partial charge in [0.1, 0.15) is 12.6 Å². The molecular formula is C45H78NO10P. The first-order chi connectivity index (χ1) is 27.6. The van der Waals surface area contributed by atoms with Gasteiger partial charge in [-0.3, -0.25) is 23.4 Å². The van der Waals surface area contributed by atoms with Gasteiger partial charge in [0.2, 0.25) is 0 Å². The van der Waals surface area contributed by atoms with Gasteiger partial charge in [-0.05, 0) is 83.5 Å². The Morgan fingerprint density at radius 1 is 0.544 bits per heavy atom. The van der Waals surface area contributed by atoms with Crippen LogP contribution in [0.4, 0.5) is 0 Å². The number of carbonyl (C=O) groups excluding carboxylic acids is 2. The van der Waals surface area contributed by atoms with Crippen molar-refractivity contribution in [3.63, 3.8) is 0 Å². The standard InChI is InChI=1S/C45H78NO10P/c1-3-5-7-9-11-13-15-17-19-20-21-22-23-25-27-29-31-33-35-37-44(48)56-41(39-54-57(51,52)55-40-42(46)45(49)50)38-53-43(47)36-34-32-30-28-26-24-18-16-14-12-10-8-6-4-2/h11,13,16-19,21-22,25,27,41-42H,3-10,12,14-15,20,23-24,26,28-40,46H2,1-2H3,(H,49,50)(H,51,52)/b13-11+,18-16+,19-17+,22-21+,27-25+/t41-,42+/m1/s1. The Morgan fingerprint density at radius 3 is 1.46 bits per heavy atom. The van der Waals surface area contributed by atoms with Gasteiger partial charge < -0.3 is 25.2 Å². The van der Waals surface area contributed by atoms with Gasteiger partial charge in [-0.2, -0.15) is 0 Å². The highest BCUT2D eigenvalue weighted by Gasteiger charge is 2.28. The van der Waals surface area contributed by atoms with E-state index in [9.17, 15) is 23.8 Å². The summed E-state index contributed by atoms with van der Waals surface area (Å²) < 4.78 is 32.6. The summed E-state index contributed by atoms with van der Waals surface area (Å²) in [5.41, 5.74) is 5.33. The molecule has 0 saturated heterocycles. The van der Waals surface area contributed by atoms with Gasteiger partial charge in [-0.1, -0.05) is 139 Å². The predicted molar refractivity (Wildman–Crippen MR) is 231 cm³/mol. The van der Waals surface area contributed by atoms with Gasteiger partial charge >= 0.3 is 25.7 Å². The van der Waals surface area contributed by atoms with Crippen LogP contribution in [0.3, 0.4) is 0 Å². The number of phosphoric acid groups is 1. The van der Waals surface area contributed by atoms with Gasteiger partial charge in [-0.25, -0.2) is 4.57 Å². The van der Waals surface area contributed by atoms with Crippen LogP contribution in [0.5, 0.6) is 0 Å². The molecule has 0 aromatic heterocycles. The topological polar surface area (TPSA) is 172 Å². The molecule has 3 atom stereocenters. The van der Waals surface area contributed by atoms with E-state index in [0.717, 1.165) is 77.0 Å². The first-order valence-electron chi connectivity index (χ1n) is 21.8. The molecule has 328 valence electrons. The lowest BCUT2D eigenvalue weighted by atomic mass is 10.1. The molecule has 0 aliphatic carbocycles. The molecule has 0 aromatic carbocycles. The molecule has 0 aliphatic rings. The molecule has 0 radical (unpaired) electrons. The van der Waals surface area contributed by atoms with E-state index in [1.807, 2.05) is 0 Å². The maximum atomic E-state index is 12.6. The van der Waals surface area contributed by atoms with Gasteiger partial charge in [0.05, 0.1) is 13.2 Å². The highest BCUT2D eigenvalue weighted by molar-refractivity contribution is 7.47. The van der Waals surface area contributed by atoms with Crippen LogP contribution in [-0.4, -0.2) is 59.9 Å². The van der Waals surface area contributed by atoms with E-state index in [1.165, 1.54) is 57.8 Å². The minimum atomic E-state index is -4.73. The molecule has 0 bridgehead atoms. The van der Waals surface area contributed by atoms with Crippen molar-refractivity contribution >= 4 is 25.7 Å². The summed E-state index contributed by atoms with van der Waals surface area (Å²) in [5, 5.41) is 8.89. The molecule has 11 nitrogen and oxygen atoms in total. The number of carbonyl (C=O) groups is 3. The molecule has 0 heterocycles. The molecule has 12 heteroatoms. The summed E-state index contributed by atoms with van der Waals surface area (Å²) in [7, 11) is -4.73. The van der Waals surface area contributed by atoms with Crippen molar-refractivity contribution in [2.75, 3.05) is 19.8 Å². The van der Waals surface area contributed by atoms with E-state index < -0.39 is 51.1 Å². The van der Waals surface area contributed by atoms with E-state index in [2.05, 4.69) is 79.1 Å². The van der Waals surface area contributed by atoms with E-state index in [4.69, 9.17) is 24.8 Å². The largest absolute Gasteiger partial charge is 0.480 e. The fourth-order valence-corrected chi connectivity index (χ4v) is 6.29. The number of esters is 2. The Bertz CT molecular complexity index is 1200. The number of carboxylic acids is 1. The van der Waals surface area contributed by atoms with Gasteiger partial charge in [-0.15, -0.1) is 0 Å². The summed E-state index contributed by atoms with van der Waals surface area (Å²) in [6.07, 6.45) is 45.7. The lowest BCUT2D eigenvalue weighted by molar-refractivity contribution is -0.161. The van der Waals surface area contributed by atoms with Crippen LogP contribution >= 0.6 is 7.82 Å². The zero-order valence-corrected chi connectivity index (χ0v) is 36.3. The second-order valence-corrected chi connectivity index (χ2v) is 15.9. The fourth-order valence-electron chi connectivity index (χ4n) is 5.51. The molecule has 0 spiro atoms. The van der Waals surface area contributed by atoms with Crippen LogP contribution < -0.4 is 5.73 Å². The van der Waals surface area contributed by atoms with Crippen LogP contribution in [0, 0.1) is 0 Å². The molecule has 0 amide bonds. The summed E-state index contributed by atoms with van der Waals surface area (Å²) in [5.74, 6) is -2.43. The Labute approximate surface area is 345 Å². The Morgan fingerprint density at radius 2 is 0.930 bits per heavy atom. The lowest BCUT2D eigenvalue weighted by Crippen LogP contribution is -2.34. The Balaban J connectivity index is 4.46. The number of rotatable bonds is 40. The highest BCUT2D eigenvalue weighted by atomic mass is 31.2. The van der Waals surface area contributed by atoms with Crippen molar-refractivity contribution in [1.82, 2.24) is 0 Å². The van der Waals surface area contributed by atoms with Crippen molar-refractivity contribution in [3.05, 3.63) is 60.8 Å². The molecule has 1 unspecified atom stereocenters. The fraction of sp³-hybridized carbons (Fsp3) is 0.711. The van der Waals surface area contributed by atoms with E-state index >= 15 is 0 Å². The third-order valence-corrected chi connectivity index (χ3v) is 9.94. The third kappa shape index (κ3) is 39.8. The molecule has 0 saturated carbocycles. The number of hydrogen-bond donors (Lipinski definition) is 3. The van der Waals surface area contributed by atoms with Crippen molar-refractivity contribution in [2.45, 2.75) is 187 Å². The Hall–Kier alpha value is -2.82. The normalized spacial score (nSPS) is 14.3. The zero-order valence-electron chi connectivity index (χ0n) is 35.4. The number of phosphoric ester groups is 1. The molecule has 0 aromatic rings. The van der Waals surface area contributed by atoms with Gasteiger partial charge in [0, 0.05) is 12.8 Å². The monoisotopic (exact) mass is 824 g/mol. The number of ether oxygens (including phenoxy) is 2. The number of hydrogen-bond acceptors (Lipinski definition) is 9. The van der Waals surface area contributed by atoms with Crippen molar-refractivity contribution < 1.29 is 47.5 Å². The molecular weight excluding hydrogens is 745 g/mol. The van der Waals surface area contributed by atoms with Crippen molar-refractivity contribution in [2.24, 2.45) is 5.73 Å². The zero-order chi connectivity index (χ0) is 42.1. The van der Waals surface area contributed by atoms with Crippen LogP contribution in [0.15, 0.2) is 60.8 Å². The number of nitrogens with two attached hydrogens (primary N) is 1. The van der Waals surface area contributed by atoms with Gasteiger partial charge in [0.15, 0.2) is 6.10 Å². The summed E-state index contributed by atoms with van der Waals surface area (Å²) >= 11 is 0. The molecule has 4 N–H and O–H groups in total. The smallest absolute Gasteiger partial charge is 0.472 e.